The first kappa shape index (κ1) is 74.7. The van der Waals surface area contributed by atoms with Gasteiger partial charge in [0.15, 0.2) is 12.6 Å². The lowest BCUT2D eigenvalue weighted by molar-refractivity contribution is -0.359. The third-order valence-corrected chi connectivity index (χ3v) is 15.0. The minimum Gasteiger partial charge on any atom is -0.394 e. The zero-order valence-electron chi connectivity index (χ0n) is 50.7. The average Bonchev–Trinajstić information content (AvgIpc) is 3.56. The molecule has 2 saturated heterocycles. The molecule has 0 bridgehead atoms. The first-order valence-electron chi connectivity index (χ1n) is 32.1. The van der Waals surface area contributed by atoms with E-state index in [1.807, 2.05) is 6.08 Å². The molecule has 14 heteroatoms. The Morgan fingerprint density at radius 2 is 0.841 bits per heavy atom. The van der Waals surface area contributed by atoms with Gasteiger partial charge >= 0.3 is 0 Å². The van der Waals surface area contributed by atoms with Crippen LogP contribution in [0.5, 0.6) is 0 Å². The van der Waals surface area contributed by atoms with Gasteiger partial charge in [0.25, 0.3) is 0 Å². The van der Waals surface area contributed by atoms with Crippen molar-refractivity contribution in [3.05, 3.63) is 109 Å². The van der Waals surface area contributed by atoms with Crippen molar-refractivity contribution in [2.24, 2.45) is 0 Å². The van der Waals surface area contributed by atoms with E-state index in [4.69, 9.17) is 18.9 Å². The molecular formula is C68H115NO13. The largest absolute Gasteiger partial charge is 0.394 e. The van der Waals surface area contributed by atoms with Crippen molar-refractivity contribution in [1.82, 2.24) is 5.32 Å². The maximum absolute atomic E-state index is 13.3. The molecule has 0 saturated carbocycles. The summed E-state index contributed by atoms with van der Waals surface area (Å²) >= 11 is 0. The number of hydrogen-bond donors (Lipinski definition) is 9. The van der Waals surface area contributed by atoms with Gasteiger partial charge in [-0.2, -0.15) is 0 Å². The van der Waals surface area contributed by atoms with Gasteiger partial charge in [-0.05, 0) is 83.5 Å². The second kappa shape index (κ2) is 52.0. The van der Waals surface area contributed by atoms with E-state index in [1.165, 1.54) is 96.3 Å². The Kier molecular flexibility index (Phi) is 47.4. The number of carbonyl (C=O) groups is 1. The maximum Gasteiger partial charge on any atom is 0.220 e. The van der Waals surface area contributed by atoms with E-state index in [-0.39, 0.29) is 18.9 Å². The molecular weight excluding hydrogens is 1040 g/mol. The predicted molar refractivity (Wildman–Crippen MR) is 332 cm³/mol. The van der Waals surface area contributed by atoms with Crippen LogP contribution in [-0.2, 0) is 23.7 Å². The van der Waals surface area contributed by atoms with E-state index in [9.17, 15) is 45.6 Å². The highest BCUT2D eigenvalue weighted by molar-refractivity contribution is 5.76. The van der Waals surface area contributed by atoms with Gasteiger partial charge in [0, 0.05) is 6.42 Å². The van der Waals surface area contributed by atoms with Crippen LogP contribution < -0.4 is 5.32 Å². The van der Waals surface area contributed by atoms with Crippen molar-refractivity contribution < 1.29 is 64.6 Å². The van der Waals surface area contributed by atoms with Crippen LogP contribution in [0.1, 0.15) is 219 Å². The van der Waals surface area contributed by atoms with Crippen LogP contribution in [0, 0.1) is 0 Å². The van der Waals surface area contributed by atoms with Gasteiger partial charge in [-0.1, -0.05) is 239 Å². The lowest BCUT2D eigenvalue weighted by Gasteiger charge is -2.46. The average molecular weight is 1150 g/mol. The third-order valence-electron chi connectivity index (χ3n) is 15.0. The minimum absolute atomic E-state index is 0.249. The van der Waals surface area contributed by atoms with Gasteiger partial charge in [-0.15, -0.1) is 0 Å². The van der Waals surface area contributed by atoms with Crippen LogP contribution >= 0.6 is 0 Å². The van der Waals surface area contributed by atoms with Crippen LogP contribution in [0.3, 0.4) is 0 Å². The van der Waals surface area contributed by atoms with Gasteiger partial charge in [0.2, 0.25) is 5.91 Å². The van der Waals surface area contributed by atoms with Gasteiger partial charge in [-0.25, -0.2) is 0 Å². The van der Waals surface area contributed by atoms with E-state index in [0.717, 1.165) is 96.3 Å². The van der Waals surface area contributed by atoms with E-state index in [0.29, 0.717) is 6.42 Å². The summed E-state index contributed by atoms with van der Waals surface area (Å²) in [5.74, 6) is -0.249. The monoisotopic (exact) mass is 1150 g/mol. The zero-order chi connectivity index (χ0) is 59.5. The predicted octanol–water partition coefficient (Wildman–Crippen LogP) is 12.0. The first-order valence-corrected chi connectivity index (χ1v) is 32.1. The zero-order valence-corrected chi connectivity index (χ0v) is 50.7. The molecule has 9 N–H and O–H groups in total. The fourth-order valence-electron chi connectivity index (χ4n) is 9.84. The molecule has 12 unspecified atom stereocenters. The standard InChI is InChI=1S/C68H115NO13/c1-3-5-7-9-11-13-15-17-18-19-20-21-22-23-24-25-26-27-28-29-30-31-32-33-34-35-36-37-38-40-42-44-46-48-50-52-60(73)69-56(57(72)51-49-47-45-43-41-39-16-14-12-10-8-6-4-2)55-79-67-65(78)63(76)66(59(54-71)81-67)82-68-64(77)62(75)61(74)58(53-70)80-68/h5,7,11,13,17-18,20-21,23-24,26-27,29-30,32-33,49,51,56-59,61-68,70-72,74-78H,3-4,6,8-10,12,14-16,19,22,25,28,31,34-48,50,52-55H2,1-2H3,(H,69,73)/b7-5-,13-11-,18-17-,21-20-,24-23-,27-26-,30-29-,33-32-,51-49+. The Hall–Kier alpha value is -3.35. The number of carbonyl (C=O) groups excluding carboxylic acids is 1. The summed E-state index contributed by atoms with van der Waals surface area (Å²) in [6.45, 7) is 2.66. The third kappa shape index (κ3) is 36.5. The number of ether oxygens (including phenoxy) is 4. The Morgan fingerprint density at radius 3 is 1.29 bits per heavy atom. The molecule has 2 aliphatic rings. The van der Waals surface area contributed by atoms with Crippen LogP contribution in [0.25, 0.3) is 0 Å². The Labute approximate surface area is 495 Å². The molecule has 2 rings (SSSR count). The fraction of sp³-hybridized carbons (Fsp3) is 0.721. The van der Waals surface area contributed by atoms with Crippen molar-refractivity contribution >= 4 is 5.91 Å². The molecule has 0 aromatic heterocycles. The molecule has 2 heterocycles. The van der Waals surface area contributed by atoms with Crippen LogP contribution in [0.15, 0.2) is 109 Å². The number of amides is 1. The summed E-state index contributed by atoms with van der Waals surface area (Å²) in [6, 6.07) is -0.923. The SMILES string of the molecule is CC/C=C\C/C=C\C/C=C\C/C=C\C/C=C\C/C=C\C/C=C\C/C=C\CCCCCCCCCCCCC(=O)NC(COC1OC(CO)C(OC2OC(CO)C(O)C(O)C2O)C(O)C1O)C(O)/C=C/CCCCCCCCCCCCC. The number of rotatable bonds is 50. The molecule has 2 aliphatic heterocycles. The highest BCUT2D eigenvalue weighted by atomic mass is 16.7. The summed E-state index contributed by atoms with van der Waals surface area (Å²) in [5, 5.41) is 87.1. The van der Waals surface area contributed by atoms with E-state index in [1.54, 1.807) is 6.08 Å². The maximum atomic E-state index is 13.3. The summed E-state index contributed by atoms with van der Waals surface area (Å²) in [4.78, 5) is 13.3. The van der Waals surface area contributed by atoms with Crippen molar-refractivity contribution in [3.8, 4) is 0 Å². The van der Waals surface area contributed by atoms with Gasteiger partial charge < -0.3 is 65.1 Å². The first-order chi connectivity index (χ1) is 40.1. The van der Waals surface area contributed by atoms with Crippen LogP contribution in [-0.4, -0.2) is 140 Å². The normalized spacial score (nSPS) is 24.7. The number of aliphatic hydroxyl groups excluding tert-OH is 8. The molecule has 1 amide bonds. The van der Waals surface area contributed by atoms with Gasteiger partial charge in [0.1, 0.15) is 48.8 Å². The summed E-state index contributed by atoms with van der Waals surface area (Å²) in [5.41, 5.74) is 0. The summed E-state index contributed by atoms with van der Waals surface area (Å²) < 4.78 is 22.8. The Bertz CT molecular complexity index is 1790. The molecule has 0 spiro atoms. The molecule has 2 fully saturated rings. The second-order valence-corrected chi connectivity index (χ2v) is 22.2. The summed E-state index contributed by atoms with van der Waals surface area (Å²) in [6.07, 6.45) is 57.0. The van der Waals surface area contributed by atoms with Gasteiger partial charge in [-0.3, -0.25) is 4.79 Å². The Balaban J connectivity index is 1.65. The van der Waals surface area contributed by atoms with Crippen molar-refractivity contribution in [2.75, 3.05) is 19.8 Å². The smallest absolute Gasteiger partial charge is 0.220 e. The number of hydrogen-bond acceptors (Lipinski definition) is 13. The topological polar surface area (TPSA) is 228 Å². The van der Waals surface area contributed by atoms with Crippen LogP contribution in [0.4, 0.5) is 0 Å². The summed E-state index contributed by atoms with van der Waals surface area (Å²) in [7, 11) is 0. The second-order valence-electron chi connectivity index (χ2n) is 22.2. The molecule has 12 atom stereocenters. The van der Waals surface area contributed by atoms with E-state index < -0.39 is 86.8 Å². The van der Waals surface area contributed by atoms with Crippen molar-refractivity contribution in [1.29, 1.82) is 0 Å². The van der Waals surface area contributed by atoms with Crippen LogP contribution in [0.2, 0.25) is 0 Å². The van der Waals surface area contributed by atoms with E-state index in [2.05, 4.69) is 116 Å². The van der Waals surface area contributed by atoms with Gasteiger partial charge in [0.05, 0.1) is 32.0 Å². The highest BCUT2D eigenvalue weighted by Crippen LogP contribution is 2.30. The molecule has 0 aliphatic carbocycles. The molecule has 470 valence electrons. The lowest BCUT2D eigenvalue weighted by atomic mass is 9.97. The molecule has 0 radical (unpaired) electrons. The quantitative estimate of drug-likeness (QED) is 0.0204. The van der Waals surface area contributed by atoms with Crippen molar-refractivity contribution in [3.63, 3.8) is 0 Å². The molecule has 82 heavy (non-hydrogen) atoms. The number of unbranched alkanes of at least 4 members (excludes halogenated alkanes) is 21. The molecule has 0 aromatic rings. The fourth-order valence-corrected chi connectivity index (χ4v) is 9.84. The molecule has 14 nitrogen and oxygen atoms in total. The minimum atomic E-state index is -1.79. The number of nitrogens with one attached hydrogen (secondary N) is 1. The molecule has 0 aromatic carbocycles. The number of aliphatic hydroxyl groups is 8. The lowest BCUT2D eigenvalue weighted by Crippen LogP contribution is -2.65. The Morgan fingerprint density at radius 1 is 0.451 bits per heavy atom. The highest BCUT2D eigenvalue weighted by Gasteiger charge is 2.51. The number of allylic oxidation sites excluding steroid dienone is 17. The van der Waals surface area contributed by atoms with Crippen molar-refractivity contribution in [2.45, 2.75) is 293 Å². The van der Waals surface area contributed by atoms with E-state index >= 15 is 0 Å².